The fraction of sp³-hybridized carbons (Fsp3) is 0.0667. The molecule has 2 aromatic carbocycles. The molecule has 2 rings (SSSR count). The zero-order valence-corrected chi connectivity index (χ0v) is 12.2. The number of guanidine groups is 2. The minimum Gasteiger partial charge on any atom is -0.370 e. The van der Waals surface area contributed by atoms with Crippen LogP contribution in [0.5, 0.6) is 0 Å². The number of nitrogens with two attached hydrogens (primary N) is 3. The maximum Gasteiger partial charge on any atom is 0.419 e. The van der Waals surface area contributed by atoms with E-state index in [4.69, 9.17) is 17.2 Å². The molecule has 0 unspecified atom stereocenters. The molecule has 0 radical (unpaired) electrons. The van der Waals surface area contributed by atoms with Crippen molar-refractivity contribution >= 4 is 17.6 Å². The first-order valence-electron chi connectivity index (χ1n) is 6.58. The fourth-order valence-electron chi connectivity index (χ4n) is 1.94. The van der Waals surface area contributed by atoms with Crippen molar-refractivity contribution in [1.29, 1.82) is 0 Å². The molecular formula is C15H13F4N5. The highest BCUT2D eigenvalue weighted by Gasteiger charge is 2.34. The Bertz CT molecular complexity index is 791. The largest absolute Gasteiger partial charge is 0.419 e. The van der Waals surface area contributed by atoms with E-state index in [-0.39, 0.29) is 17.5 Å². The standard InChI is InChI=1S/C15H13F4N5/c16-12-6-3-9(7-11(12)15(17,18)19)8-1-4-10(5-2-8)23-14(22)24-13(20)21/h1-7H,(H6,20,21,22,23,24). The molecule has 0 aliphatic carbocycles. The second-order valence-corrected chi connectivity index (χ2v) is 4.75. The lowest BCUT2D eigenvalue weighted by molar-refractivity contribution is -0.139. The summed E-state index contributed by atoms with van der Waals surface area (Å²) in [6.07, 6.45) is -4.76. The number of rotatable bonds is 2. The second kappa shape index (κ2) is 6.57. The molecule has 6 N–H and O–H groups in total. The molecule has 0 fully saturated rings. The van der Waals surface area contributed by atoms with Crippen molar-refractivity contribution in [2.24, 2.45) is 27.2 Å². The van der Waals surface area contributed by atoms with Gasteiger partial charge in [0.1, 0.15) is 5.82 Å². The molecule has 0 amide bonds. The van der Waals surface area contributed by atoms with Crippen LogP contribution in [0, 0.1) is 5.82 Å². The van der Waals surface area contributed by atoms with E-state index in [9.17, 15) is 17.6 Å². The van der Waals surface area contributed by atoms with E-state index in [1.54, 1.807) is 0 Å². The SMILES string of the molecule is NC(N)=NC(N)=Nc1ccc(-c2ccc(F)c(C(F)(F)F)c2)cc1. The third-order valence-electron chi connectivity index (χ3n) is 2.96. The van der Waals surface area contributed by atoms with E-state index in [0.29, 0.717) is 11.3 Å². The number of nitrogens with zero attached hydrogens (tertiary/aromatic N) is 2. The lowest BCUT2D eigenvalue weighted by Crippen LogP contribution is -2.26. The van der Waals surface area contributed by atoms with Gasteiger partial charge in [-0.3, -0.25) is 0 Å². The summed E-state index contributed by atoms with van der Waals surface area (Å²) in [5, 5.41) is 0. The summed E-state index contributed by atoms with van der Waals surface area (Å²) in [6, 6.07) is 8.87. The van der Waals surface area contributed by atoms with Crippen molar-refractivity contribution < 1.29 is 17.6 Å². The van der Waals surface area contributed by atoms with Gasteiger partial charge >= 0.3 is 6.18 Å². The maximum absolute atomic E-state index is 13.3. The van der Waals surface area contributed by atoms with Crippen molar-refractivity contribution in [1.82, 2.24) is 0 Å². The van der Waals surface area contributed by atoms with Crippen molar-refractivity contribution in [2.45, 2.75) is 6.18 Å². The van der Waals surface area contributed by atoms with Gasteiger partial charge in [0.25, 0.3) is 0 Å². The van der Waals surface area contributed by atoms with Gasteiger partial charge in [0.15, 0.2) is 5.96 Å². The van der Waals surface area contributed by atoms with Crippen molar-refractivity contribution in [3.63, 3.8) is 0 Å². The van der Waals surface area contributed by atoms with Gasteiger partial charge in [0.2, 0.25) is 5.96 Å². The molecule has 2 aromatic rings. The summed E-state index contributed by atoms with van der Waals surface area (Å²) in [4.78, 5) is 7.45. The normalized spacial score (nSPS) is 12.1. The van der Waals surface area contributed by atoms with Crippen LogP contribution >= 0.6 is 0 Å². The number of halogens is 4. The zero-order chi connectivity index (χ0) is 17.9. The number of hydrogen-bond acceptors (Lipinski definition) is 1. The quantitative estimate of drug-likeness (QED) is 0.445. The third-order valence-corrected chi connectivity index (χ3v) is 2.96. The summed E-state index contributed by atoms with van der Waals surface area (Å²) in [6.45, 7) is 0. The zero-order valence-electron chi connectivity index (χ0n) is 12.2. The summed E-state index contributed by atoms with van der Waals surface area (Å²) < 4.78 is 51.6. The van der Waals surface area contributed by atoms with Crippen LogP contribution in [0.2, 0.25) is 0 Å². The van der Waals surface area contributed by atoms with E-state index in [2.05, 4.69) is 9.98 Å². The van der Waals surface area contributed by atoms with Gasteiger partial charge < -0.3 is 17.2 Å². The summed E-state index contributed by atoms with van der Waals surface area (Å²) in [5.74, 6) is -1.74. The molecule has 0 bridgehead atoms. The van der Waals surface area contributed by atoms with E-state index in [1.165, 1.54) is 30.3 Å². The van der Waals surface area contributed by atoms with Gasteiger partial charge in [-0.15, -0.1) is 0 Å². The fourth-order valence-corrected chi connectivity index (χ4v) is 1.94. The molecule has 0 aromatic heterocycles. The average molecular weight is 339 g/mol. The highest BCUT2D eigenvalue weighted by Crippen LogP contribution is 2.34. The van der Waals surface area contributed by atoms with Gasteiger partial charge in [-0.05, 0) is 35.4 Å². The minimum atomic E-state index is -4.76. The van der Waals surface area contributed by atoms with Crippen LogP contribution in [0.4, 0.5) is 23.2 Å². The van der Waals surface area contributed by atoms with Crippen LogP contribution in [-0.4, -0.2) is 11.9 Å². The molecule has 5 nitrogen and oxygen atoms in total. The Hall–Kier alpha value is -3.10. The average Bonchev–Trinajstić information content (AvgIpc) is 2.46. The van der Waals surface area contributed by atoms with E-state index in [0.717, 1.165) is 12.1 Å². The van der Waals surface area contributed by atoms with Crippen molar-refractivity contribution in [3.8, 4) is 11.1 Å². The van der Waals surface area contributed by atoms with E-state index >= 15 is 0 Å². The first-order chi connectivity index (χ1) is 11.2. The molecule has 9 heteroatoms. The Morgan fingerprint density at radius 1 is 0.875 bits per heavy atom. The Morgan fingerprint density at radius 2 is 1.46 bits per heavy atom. The van der Waals surface area contributed by atoms with Crippen LogP contribution in [0.1, 0.15) is 5.56 Å². The highest BCUT2D eigenvalue weighted by atomic mass is 19.4. The van der Waals surface area contributed by atoms with Crippen molar-refractivity contribution in [2.75, 3.05) is 0 Å². The van der Waals surface area contributed by atoms with Crippen LogP contribution in [0.3, 0.4) is 0 Å². The molecule has 0 aliphatic rings. The Kier molecular flexibility index (Phi) is 4.72. The maximum atomic E-state index is 13.3. The van der Waals surface area contributed by atoms with Gasteiger partial charge in [0, 0.05) is 0 Å². The van der Waals surface area contributed by atoms with Gasteiger partial charge in [-0.25, -0.2) is 9.38 Å². The van der Waals surface area contributed by atoms with Crippen LogP contribution in [0.25, 0.3) is 11.1 Å². The molecule has 0 atom stereocenters. The number of hydrogen-bond donors (Lipinski definition) is 3. The third kappa shape index (κ3) is 4.22. The molecule has 0 saturated carbocycles. The summed E-state index contributed by atoms with van der Waals surface area (Å²) >= 11 is 0. The van der Waals surface area contributed by atoms with Crippen LogP contribution in [-0.2, 0) is 6.18 Å². The van der Waals surface area contributed by atoms with Crippen LogP contribution in [0.15, 0.2) is 52.4 Å². The number of alkyl halides is 3. The van der Waals surface area contributed by atoms with Crippen LogP contribution < -0.4 is 17.2 Å². The predicted octanol–water partition coefficient (Wildman–Crippen LogP) is 2.73. The Balaban J connectivity index is 2.34. The van der Waals surface area contributed by atoms with Gasteiger partial charge in [-0.1, -0.05) is 18.2 Å². The number of aliphatic imine (C=N–C) groups is 2. The number of benzene rings is 2. The summed E-state index contributed by atoms with van der Waals surface area (Å²) in [5.41, 5.74) is 15.5. The topological polar surface area (TPSA) is 103 Å². The van der Waals surface area contributed by atoms with Gasteiger partial charge in [-0.2, -0.15) is 18.2 Å². The highest BCUT2D eigenvalue weighted by molar-refractivity contribution is 5.93. The lowest BCUT2D eigenvalue weighted by atomic mass is 10.0. The first-order valence-corrected chi connectivity index (χ1v) is 6.58. The second-order valence-electron chi connectivity index (χ2n) is 4.75. The molecule has 0 saturated heterocycles. The molecule has 126 valence electrons. The van der Waals surface area contributed by atoms with Gasteiger partial charge in [0.05, 0.1) is 11.3 Å². The summed E-state index contributed by atoms with van der Waals surface area (Å²) in [7, 11) is 0. The minimum absolute atomic E-state index is 0.163. The Morgan fingerprint density at radius 3 is 2.00 bits per heavy atom. The molecule has 0 heterocycles. The molecule has 0 spiro atoms. The molecule has 0 aliphatic heterocycles. The monoisotopic (exact) mass is 339 g/mol. The smallest absolute Gasteiger partial charge is 0.370 e. The lowest BCUT2D eigenvalue weighted by Gasteiger charge is -2.10. The first kappa shape index (κ1) is 17.3. The molecular weight excluding hydrogens is 326 g/mol. The predicted molar refractivity (Wildman–Crippen MR) is 83.9 cm³/mol. The van der Waals surface area contributed by atoms with E-state index < -0.39 is 17.6 Å². The Labute approximate surface area is 134 Å². The van der Waals surface area contributed by atoms with E-state index in [1.807, 2.05) is 0 Å². The molecule has 24 heavy (non-hydrogen) atoms. The van der Waals surface area contributed by atoms with Crippen molar-refractivity contribution in [3.05, 3.63) is 53.8 Å².